The SMILES string of the molecule is CCc1ccc(C(=O)C(C)OCc2ccccc2Cl)cc1. The Morgan fingerprint density at radius 3 is 2.43 bits per heavy atom. The van der Waals surface area contributed by atoms with Gasteiger partial charge in [0.1, 0.15) is 6.10 Å². The van der Waals surface area contributed by atoms with E-state index in [2.05, 4.69) is 6.92 Å². The molecule has 21 heavy (non-hydrogen) atoms. The first kappa shape index (κ1) is 15.7. The monoisotopic (exact) mass is 302 g/mol. The molecule has 0 aliphatic carbocycles. The van der Waals surface area contributed by atoms with Gasteiger partial charge in [0.25, 0.3) is 0 Å². The maximum absolute atomic E-state index is 12.3. The minimum Gasteiger partial charge on any atom is -0.366 e. The molecule has 2 nitrogen and oxygen atoms in total. The average Bonchev–Trinajstić information content (AvgIpc) is 2.53. The molecule has 0 radical (unpaired) electrons. The molecule has 1 atom stereocenters. The van der Waals surface area contributed by atoms with Crippen LogP contribution in [-0.4, -0.2) is 11.9 Å². The van der Waals surface area contributed by atoms with Crippen molar-refractivity contribution in [2.24, 2.45) is 0 Å². The molecule has 0 saturated carbocycles. The third-order valence-electron chi connectivity index (χ3n) is 3.46. The highest BCUT2D eigenvalue weighted by atomic mass is 35.5. The number of rotatable bonds is 6. The van der Waals surface area contributed by atoms with E-state index in [-0.39, 0.29) is 5.78 Å². The van der Waals surface area contributed by atoms with E-state index in [1.54, 1.807) is 6.92 Å². The zero-order valence-corrected chi connectivity index (χ0v) is 13.1. The summed E-state index contributed by atoms with van der Waals surface area (Å²) < 4.78 is 5.65. The fraction of sp³-hybridized carbons (Fsp3) is 0.278. The van der Waals surface area contributed by atoms with Gasteiger partial charge in [-0.15, -0.1) is 0 Å². The second-order valence-corrected chi connectivity index (χ2v) is 5.37. The van der Waals surface area contributed by atoms with Crippen LogP contribution in [0.1, 0.15) is 35.3 Å². The summed E-state index contributed by atoms with van der Waals surface area (Å²) in [4.78, 5) is 12.3. The Bertz CT molecular complexity index is 605. The number of ketones is 1. The van der Waals surface area contributed by atoms with Crippen LogP contribution in [0.25, 0.3) is 0 Å². The predicted octanol–water partition coefficient (Wildman–Crippen LogP) is 4.69. The Hall–Kier alpha value is -1.64. The topological polar surface area (TPSA) is 26.3 Å². The normalized spacial score (nSPS) is 12.1. The molecule has 0 aromatic heterocycles. The maximum atomic E-state index is 12.3. The molecule has 110 valence electrons. The molecule has 0 amide bonds. The Kier molecular flexibility index (Phi) is 5.54. The van der Waals surface area contributed by atoms with Crippen molar-refractivity contribution in [1.29, 1.82) is 0 Å². The quantitative estimate of drug-likeness (QED) is 0.724. The van der Waals surface area contributed by atoms with Crippen LogP contribution in [0.4, 0.5) is 0 Å². The van der Waals surface area contributed by atoms with E-state index in [1.165, 1.54) is 5.56 Å². The van der Waals surface area contributed by atoms with Crippen molar-refractivity contribution < 1.29 is 9.53 Å². The van der Waals surface area contributed by atoms with E-state index < -0.39 is 6.10 Å². The number of benzene rings is 2. The molecule has 0 fully saturated rings. The zero-order chi connectivity index (χ0) is 15.2. The minimum atomic E-state index is -0.492. The number of ether oxygens (including phenoxy) is 1. The fourth-order valence-electron chi connectivity index (χ4n) is 2.05. The molecule has 0 N–H and O–H groups in total. The third-order valence-corrected chi connectivity index (χ3v) is 3.83. The number of Topliss-reactive ketones (excluding diaryl/α,β-unsaturated/α-hetero) is 1. The Morgan fingerprint density at radius 1 is 1.14 bits per heavy atom. The second-order valence-electron chi connectivity index (χ2n) is 4.96. The van der Waals surface area contributed by atoms with E-state index in [0.29, 0.717) is 17.2 Å². The van der Waals surface area contributed by atoms with Crippen molar-refractivity contribution in [3.05, 3.63) is 70.2 Å². The highest BCUT2D eigenvalue weighted by Crippen LogP contribution is 2.17. The van der Waals surface area contributed by atoms with Crippen LogP contribution in [-0.2, 0) is 17.8 Å². The summed E-state index contributed by atoms with van der Waals surface area (Å²) in [6, 6.07) is 15.2. The van der Waals surface area contributed by atoms with Gasteiger partial charge in [-0.3, -0.25) is 4.79 Å². The van der Waals surface area contributed by atoms with Gasteiger partial charge in [0.05, 0.1) is 6.61 Å². The van der Waals surface area contributed by atoms with Crippen molar-refractivity contribution in [2.75, 3.05) is 0 Å². The van der Waals surface area contributed by atoms with Crippen molar-refractivity contribution >= 4 is 17.4 Å². The molecule has 3 heteroatoms. The summed E-state index contributed by atoms with van der Waals surface area (Å²) in [7, 11) is 0. The lowest BCUT2D eigenvalue weighted by Gasteiger charge is -2.13. The van der Waals surface area contributed by atoms with Gasteiger partial charge >= 0.3 is 0 Å². The summed E-state index contributed by atoms with van der Waals surface area (Å²) in [6.07, 6.45) is 0.473. The van der Waals surface area contributed by atoms with Crippen LogP contribution in [0, 0.1) is 0 Å². The molecule has 1 unspecified atom stereocenters. The largest absolute Gasteiger partial charge is 0.366 e. The molecule has 0 bridgehead atoms. The third kappa shape index (κ3) is 4.16. The van der Waals surface area contributed by atoms with E-state index in [1.807, 2.05) is 48.5 Å². The first-order valence-electron chi connectivity index (χ1n) is 7.10. The van der Waals surface area contributed by atoms with Gasteiger partial charge in [-0.1, -0.05) is 61.0 Å². The fourth-order valence-corrected chi connectivity index (χ4v) is 2.24. The molecule has 0 aliphatic rings. The highest BCUT2D eigenvalue weighted by molar-refractivity contribution is 6.31. The zero-order valence-electron chi connectivity index (χ0n) is 12.3. The van der Waals surface area contributed by atoms with Gasteiger partial charge in [-0.05, 0) is 30.5 Å². The maximum Gasteiger partial charge on any atom is 0.191 e. The minimum absolute atomic E-state index is 0.00953. The lowest BCUT2D eigenvalue weighted by Crippen LogP contribution is -2.20. The number of aryl methyl sites for hydroxylation is 1. The van der Waals surface area contributed by atoms with Crippen LogP contribution >= 0.6 is 11.6 Å². The van der Waals surface area contributed by atoms with E-state index in [0.717, 1.165) is 12.0 Å². The van der Waals surface area contributed by atoms with E-state index in [4.69, 9.17) is 16.3 Å². The van der Waals surface area contributed by atoms with Crippen LogP contribution in [0.2, 0.25) is 5.02 Å². The lowest BCUT2D eigenvalue weighted by molar-refractivity contribution is 0.0412. The van der Waals surface area contributed by atoms with Crippen molar-refractivity contribution in [1.82, 2.24) is 0 Å². The molecule has 0 aliphatic heterocycles. The molecule has 2 aromatic carbocycles. The van der Waals surface area contributed by atoms with E-state index >= 15 is 0 Å². The number of carbonyl (C=O) groups excluding carboxylic acids is 1. The van der Waals surface area contributed by atoms with Crippen molar-refractivity contribution in [3.63, 3.8) is 0 Å². The first-order chi connectivity index (χ1) is 10.1. The Balaban J connectivity index is 1.97. The summed E-state index contributed by atoms with van der Waals surface area (Å²) in [5, 5.41) is 0.657. The summed E-state index contributed by atoms with van der Waals surface area (Å²) >= 11 is 6.07. The number of halogens is 1. The molecule has 2 aromatic rings. The van der Waals surface area contributed by atoms with Crippen LogP contribution in [0.15, 0.2) is 48.5 Å². The van der Waals surface area contributed by atoms with E-state index in [9.17, 15) is 4.79 Å². The predicted molar refractivity (Wildman–Crippen MR) is 85.9 cm³/mol. The van der Waals surface area contributed by atoms with Gasteiger partial charge in [0.2, 0.25) is 0 Å². The molecular weight excluding hydrogens is 284 g/mol. The Morgan fingerprint density at radius 2 is 1.81 bits per heavy atom. The molecular formula is C18H19ClO2. The standard InChI is InChI=1S/C18H19ClO2/c1-3-14-8-10-15(11-9-14)18(20)13(2)21-12-16-6-4-5-7-17(16)19/h4-11,13H,3,12H2,1-2H3. The number of hydrogen-bond donors (Lipinski definition) is 0. The van der Waals surface area contributed by atoms with Gasteiger partial charge < -0.3 is 4.74 Å². The Labute approximate surface area is 130 Å². The average molecular weight is 303 g/mol. The van der Waals surface area contributed by atoms with Crippen LogP contribution in [0.5, 0.6) is 0 Å². The highest BCUT2D eigenvalue weighted by Gasteiger charge is 2.16. The van der Waals surface area contributed by atoms with Crippen LogP contribution in [0.3, 0.4) is 0 Å². The smallest absolute Gasteiger partial charge is 0.191 e. The van der Waals surface area contributed by atoms with Gasteiger partial charge in [0, 0.05) is 10.6 Å². The molecule has 0 spiro atoms. The second kappa shape index (κ2) is 7.39. The number of carbonyl (C=O) groups is 1. The summed E-state index contributed by atoms with van der Waals surface area (Å²) in [5.41, 5.74) is 2.79. The van der Waals surface area contributed by atoms with Crippen molar-refractivity contribution in [3.8, 4) is 0 Å². The number of hydrogen-bond acceptors (Lipinski definition) is 2. The van der Waals surface area contributed by atoms with Gasteiger partial charge in [-0.25, -0.2) is 0 Å². The first-order valence-corrected chi connectivity index (χ1v) is 7.47. The van der Waals surface area contributed by atoms with Gasteiger partial charge in [0.15, 0.2) is 5.78 Å². The lowest BCUT2D eigenvalue weighted by atomic mass is 10.0. The van der Waals surface area contributed by atoms with Crippen molar-refractivity contribution in [2.45, 2.75) is 33.0 Å². The molecule has 0 heterocycles. The summed E-state index contributed by atoms with van der Waals surface area (Å²) in [5.74, 6) is -0.00953. The molecule has 0 saturated heterocycles. The summed E-state index contributed by atoms with van der Waals surface area (Å²) in [6.45, 7) is 4.19. The molecule has 2 rings (SSSR count). The van der Waals surface area contributed by atoms with Gasteiger partial charge in [-0.2, -0.15) is 0 Å². The van der Waals surface area contributed by atoms with Crippen LogP contribution < -0.4 is 0 Å².